The lowest BCUT2D eigenvalue weighted by Gasteiger charge is -2.27. The molecule has 0 fully saturated rings. The molecule has 3 rings (SSSR count). The van der Waals surface area contributed by atoms with Crippen molar-refractivity contribution in [3.8, 4) is 11.3 Å². The van der Waals surface area contributed by atoms with Gasteiger partial charge in [-0.1, -0.05) is 30.4 Å². The molecule has 0 spiro atoms. The van der Waals surface area contributed by atoms with Crippen molar-refractivity contribution in [2.24, 2.45) is 0 Å². The van der Waals surface area contributed by atoms with E-state index >= 15 is 0 Å². The third-order valence-electron chi connectivity index (χ3n) is 4.64. The zero-order valence-corrected chi connectivity index (χ0v) is 17.8. The van der Waals surface area contributed by atoms with Crippen molar-refractivity contribution in [2.45, 2.75) is 33.2 Å². The molecule has 2 aromatic carbocycles. The molecule has 0 saturated carbocycles. The van der Waals surface area contributed by atoms with Crippen LogP contribution >= 0.6 is 11.3 Å². The summed E-state index contributed by atoms with van der Waals surface area (Å²) in [6.45, 7) is 11.7. The van der Waals surface area contributed by atoms with Crippen LogP contribution in [0.15, 0.2) is 55.1 Å². The standard InChI is InChI=1S/C23H24FN3OS/c1-14(2)17-7-6-8-18(13-17)23(4,5)27-21(28)26-22-25-20(15(3)29-22)16-9-11-19(24)12-10-16/h6-13H,1H2,2-5H3,(H2,25,26,27,28). The van der Waals surface area contributed by atoms with Crippen LogP contribution in [-0.2, 0) is 5.54 Å². The summed E-state index contributed by atoms with van der Waals surface area (Å²) < 4.78 is 13.2. The van der Waals surface area contributed by atoms with Gasteiger partial charge in [0.05, 0.1) is 11.2 Å². The number of allylic oxidation sites excluding steroid dienone is 1. The molecule has 4 nitrogen and oxygen atoms in total. The van der Waals surface area contributed by atoms with Gasteiger partial charge in [-0.15, -0.1) is 11.3 Å². The van der Waals surface area contributed by atoms with Crippen LogP contribution in [0.4, 0.5) is 14.3 Å². The lowest BCUT2D eigenvalue weighted by molar-refractivity contribution is 0.242. The van der Waals surface area contributed by atoms with E-state index < -0.39 is 5.54 Å². The first-order valence-corrected chi connectivity index (χ1v) is 10.1. The molecule has 0 aliphatic rings. The van der Waals surface area contributed by atoms with Gasteiger partial charge in [0.1, 0.15) is 5.82 Å². The van der Waals surface area contributed by atoms with E-state index in [1.165, 1.54) is 23.5 Å². The molecule has 0 bridgehead atoms. The highest BCUT2D eigenvalue weighted by molar-refractivity contribution is 7.16. The fourth-order valence-electron chi connectivity index (χ4n) is 2.98. The minimum Gasteiger partial charge on any atom is -0.329 e. The first kappa shape index (κ1) is 20.7. The number of aryl methyl sites for hydroxylation is 1. The van der Waals surface area contributed by atoms with Crippen molar-refractivity contribution in [1.29, 1.82) is 0 Å². The smallest absolute Gasteiger partial charge is 0.321 e. The van der Waals surface area contributed by atoms with Crippen LogP contribution in [0, 0.1) is 12.7 Å². The minimum absolute atomic E-state index is 0.294. The van der Waals surface area contributed by atoms with Gasteiger partial charge in [-0.3, -0.25) is 5.32 Å². The van der Waals surface area contributed by atoms with Crippen molar-refractivity contribution in [2.75, 3.05) is 5.32 Å². The normalized spacial score (nSPS) is 11.2. The Labute approximate surface area is 174 Å². The van der Waals surface area contributed by atoms with Crippen molar-refractivity contribution in [3.63, 3.8) is 0 Å². The van der Waals surface area contributed by atoms with Gasteiger partial charge >= 0.3 is 6.03 Å². The van der Waals surface area contributed by atoms with Crippen molar-refractivity contribution < 1.29 is 9.18 Å². The number of hydrogen-bond donors (Lipinski definition) is 2. The average molecular weight is 410 g/mol. The number of anilines is 1. The molecular formula is C23H24FN3OS. The summed E-state index contributed by atoms with van der Waals surface area (Å²) in [6.07, 6.45) is 0. The molecule has 2 amide bonds. The van der Waals surface area contributed by atoms with Gasteiger partial charge in [-0.25, -0.2) is 14.2 Å². The molecule has 0 unspecified atom stereocenters. The molecule has 150 valence electrons. The van der Waals surface area contributed by atoms with Crippen LogP contribution in [0.5, 0.6) is 0 Å². The zero-order valence-electron chi connectivity index (χ0n) is 17.0. The van der Waals surface area contributed by atoms with Crippen LogP contribution in [0.1, 0.15) is 36.8 Å². The Morgan fingerprint density at radius 1 is 1.17 bits per heavy atom. The number of benzene rings is 2. The molecule has 6 heteroatoms. The second-order valence-corrected chi connectivity index (χ2v) is 8.70. The summed E-state index contributed by atoms with van der Waals surface area (Å²) in [5.41, 5.74) is 3.96. The zero-order chi connectivity index (χ0) is 21.2. The monoisotopic (exact) mass is 409 g/mol. The van der Waals surface area contributed by atoms with E-state index in [1.807, 2.05) is 52.0 Å². The number of nitrogens with one attached hydrogen (secondary N) is 2. The highest BCUT2D eigenvalue weighted by Gasteiger charge is 2.24. The second-order valence-electron chi connectivity index (χ2n) is 7.50. The fraction of sp³-hybridized carbons (Fsp3) is 0.217. The number of halogens is 1. The molecule has 0 aliphatic heterocycles. The molecule has 1 aromatic heterocycles. The number of carbonyl (C=O) groups excluding carboxylic acids is 1. The van der Waals surface area contributed by atoms with Crippen LogP contribution in [0.2, 0.25) is 0 Å². The first-order chi connectivity index (χ1) is 13.7. The molecule has 0 saturated heterocycles. The predicted molar refractivity (Wildman–Crippen MR) is 119 cm³/mol. The van der Waals surface area contributed by atoms with E-state index in [0.29, 0.717) is 5.13 Å². The topological polar surface area (TPSA) is 54.0 Å². The summed E-state index contributed by atoms with van der Waals surface area (Å²) in [4.78, 5) is 18.0. The van der Waals surface area contributed by atoms with Gasteiger partial charge in [0.25, 0.3) is 0 Å². The van der Waals surface area contributed by atoms with E-state index in [1.54, 1.807) is 12.1 Å². The van der Waals surface area contributed by atoms with Crippen LogP contribution in [-0.4, -0.2) is 11.0 Å². The number of carbonyl (C=O) groups is 1. The van der Waals surface area contributed by atoms with Gasteiger partial charge < -0.3 is 5.32 Å². The maximum absolute atomic E-state index is 13.2. The number of thiazole rings is 1. The molecule has 3 aromatic rings. The summed E-state index contributed by atoms with van der Waals surface area (Å²) in [6, 6.07) is 13.8. The van der Waals surface area contributed by atoms with E-state index in [9.17, 15) is 9.18 Å². The molecule has 1 heterocycles. The Hall–Kier alpha value is -2.99. The Morgan fingerprint density at radius 2 is 1.86 bits per heavy atom. The van der Waals surface area contributed by atoms with Crippen molar-refractivity contribution >= 4 is 28.1 Å². The van der Waals surface area contributed by atoms with Gasteiger partial charge in [0, 0.05) is 10.4 Å². The lowest BCUT2D eigenvalue weighted by atomic mass is 9.92. The highest BCUT2D eigenvalue weighted by atomic mass is 32.1. The Kier molecular flexibility index (Phi) is 5.84. The Morgan fingerprint density at radius 3 is 2.52 bits per heavy atom. The van der Waals surface area contributed by atoms with Crippen LogP contribution < -0.4 is 10.6 Å². The molecular weight excluding hydrogens is 385 g/mol. The highest BCUT2D eigenvalue weighted by Crippen LogP contribution is 2.31. The van der Waals surface area contributed by atoms with Crippen LogP contribution in [0.25, 0.3) is 16.8 Å². The second kappa shape index (κ2) is 8.17. The summed E-state index contributed by atoms with van der Waals surface area (Å²) >= 11 is 1.38. The number of hydrogen-bond acceptors (Lipinski definition) is 3. The van der Waals surface area contributed by atoms with Gasteiger partial charge in [0.15, 0.2) is 5.13 Å². The third kappa shape index (κ3) is 4.90. The summed E-state index contributed by atoms with van der Waals surface area (Å²) in [5.74, 6) is -0.294. The maximum atomic E-state index is 13.2. The minimum atomic E-state index is -0.582. The Balaban J connectivity index is 1.73. The van der Waals surface area contributed by atoms with Gasteiger partial charge in [-0.05, 0) is 69.2 Å². The quantitative estimate of drug-likeness (QED) is 0.516. The summed E-state index contributed by atoms with van der Waals surface area (Å²) in [7, 11) is 0. The van der Waals surface area contributed by atoms with E-state index in [4.69, 9.17) is 0 Å². The van der Waals surface area contributed by atoms with E-state index in [0.717, 1.165) is 32.8 Å². The van der Waals surface area contributed by atoms with Crippen molar-refractivity contribution in [3.05, 3.63) is 76.9 Å². The molecule has 29 heavy (non-hydrogen) atoms. The maximum Gasteiger partial charge on any atom is 0.321 e. The number of amides is 2. The van der Waals surface area contributed by atoms with Gasteiger partial charge in [-0.2, -0.15) is 0 Å². The van der Waals surface area contributed by atoms with Gasteiger partial charge in [0.2, 0.25) is 0 Å². The molecule has 0 atom stereocenters. The molecule has 2 N–H and O–H groups in total. The van der Waals surface area contributed by atoms with Crippen LogP contribution in [0.3, 0.4) is 0 Å². The summed E-state index contributed by atoms with van der Waals surface area (Å²) in [5, 5.41) is 6.31. The number of aromatic nitrogens is 1. The fourth-order valence-corrected chi connectivity index (χ4v) is 3.81. The Bertz CT molecular complexity index is 1050. The predicted octanol–water partition coefficient (Wildman–Crippen LogP) is 6.35. The number of rotatable bonds is 5. The number of urea groups is 1. The first-order valence-electron chi connectivity index (χ1n) is 9.24. The largest absolute Gasteiger partial charge is 0.329 e. The molecule has 0 radical (unpaired) electrons. The van der Waals surface area contributed by atoms with E-state index in [2.05, 4.69) is 22.2 Å². The number of nitrogens with zero attached hydrogens (tertiary/aromatic N) is 1. The SMILES string of the molecule is C=C(C)c1cccc(C(C)(C)NC(=O)Nc2nc(-c3ccc(F)cc3)c(C)s2)c1. The lowest BCUT2D eigenvalue weighted by Crippen LogP contribution is -2.43. The molecule has 0 aliphatic carbocycles. The average Bonchev–Trinajstić information content (AvgIpc) is 3.02. The third-order valence-corrected chi connectivity index (χ3v) is 5.52. The van der Waals surface area contributed by atoms with E-state index in [-0.39, 0.29) is 11.8 Å². The van der Waals surface area contributed by atoms with Crippen molar-refractivity contribution in [1.82, 2.24) is 10.3 Å².